The minimum atomic E-state index is -6.87. The Hall–Kier alpha value is -1.42. The SMILES string of the molecule is O=S(=O)(N(CCC1(c2ccccc2)OCCO1)S(=O)(=O)C(F)(F)F)C(F)(F)F. The van der Waals surface area contributed by atoms with Gasteiger partial charge in [0.15, 0.2) is 5.79 Å². The number of halogens is 6. The fourth-order valence-electron chi connectivity index (χ4n) is 2.44. The Morgan fingerprint density at radius 1 is 0.857 bits per heavy atom. The minimum Gasteiger partial charge on any atom is -0.343 e. The molecule has 0 bridgehead atoms. The van der Waals surface area contributed by atoms with Crippen molar-refractivity contribution in [3.8, 4) is 0 Å². The largest absolute Gasteiger partial charge is 0.512 e. The molecule has 0 aliphatic carbocycles. The molecule has 1 fully saturated rings. The molecule has 0 amide bonds. The van der Waals surface area contributed by atoms with E-state index in [-0.39, 0.29) is 18.8 Å². The summed E-state index contributed by atoms with van der Waals surface area (Å²) >= 11 is 0. The average Bonchev–Trinajstić information content (AvgIpc) is 3.03. The number of nitrogens with zero attached hydrogens (tertiary/aromatic N) is 1. The Balaban J connectivity index is 2.46. The van der Waals surface area contributed by atoms with Gasteiger partial charge in [-0.2, -0.15) is 26.3 Å². The number of alkyl halides is 6. The van der Waals surface area contributed by atoms with Crippen molar-refractivity contribution in [3.05, 3.63) is 35.9 Å². The Morgan fingerprint density at radius 3 is 1.68 bits per heavy atom. The highest BCUT2D eigenvalue weighted by Gasteiger charge is 2.61. The maximum Gasteiger partial charge on any atom is 0.512 e. The first kappa shape index (κ1) is 22.9. The summed E-state index contributed by atoms with van der Waals surface area (Å²) in [4.78, 5) is 0. The molecule has 2 rings (SSSR count). The number of hydrogen-bond donors (Lipinski definition) is 0. The van der Waals surface area contributed by atoms with Gasteiger partial charge < -0.3 is 9.47 Å². The summed E-state index contributed by atoms with van der Waals surface area (Å²) in [7, 11) is -13.7. The molecule has 0 N–H and O–H groups in total. The van der Waals surface area contributed by atoms with Gasteiger partial charge in [-0.05, 0) is 0 Å². The Labute approximate surface area is 155 Å². The van der Waals surface area contributed by atoms with Gasteiger partial charge in [0, 0.05) is 18.5 Å². The van der Waals surface area contributed by atoms with E-state index in [0.717, 1.165) is 0 Å². The van der Waals surface area contributed by atoms with Crippen LogP contribution in [0.2, 0.25) is 0 Å². The molecule has 1 aliphatic rings. The molecule has 7 nitrogen and oxygen atoms in total. The second-order valence-corrected chi connectivity index (χ2v) is 9.40. The van der Waals surface area contributed by atoms with Crippen LogP contribution in [0.4, 0.5) is 26.3 Å². The smallest absolute Gasteiger partial charge is 0.343 e. The summed E-state index contributed by atoms with van der Waals surface area (Å²) in [6, 6.07) is 7.26. The van der Waals surface area contributed by atoms with E-state index >= 15 is 0 Å². The molecular weight excluding hydrogens is 444 g/mol. The maximum atomic E-state index is 12.8. The van der Waals surface area contributed by atoms with E-state index in [9.17, 15) is 43.2 Å². The molecule has 0 spiro atoms. The average molecular weight is 457 g/mol. The highest BCUT2D eigenvalue weighted by molar-refractivity contribution is 8.04. The topological polar surface area (TPSA) is 90.0 Å². The summed E-state index contributed by atoms with van der Waals surface area (Å²) in [5.41, 5.74) is -12.4. The molecular formula is C13H13F6NO6S2. The predicted molar refractivity (Wildman–Crippen MR) is 81.3 cm³/mol. The number of rotatable bonds is 6. The summed E-state index contributed by atoms with van der Waals surface area (Å²) in [5.74, 6) is -1.90. The van der Waals surface area contributed by atoms with E-state index in [1.54, 1.807) is 6.07 Å². The van der Waals surface area contributed by atoms with Crippen molar-refractivity contribution in [1.82, 2.24) is 3.71 Å². The van der Waals surface area contributed by atoms with Crippen molar-refractivity contribution in [1.29, 1.82) is 0 Å². The standard InChI is InChI=1S/C13H13F6NO6S2/c14-12(15,16)27(21,22)20(28(23,24)13(17,18)19)7-6-11(25-8-9-26-11)10-4-2-1-3-5-10/h1-5H,6-9H2. The fourth-order valence-corrected chi connectivity index (χ4v) is 5.11. The van der Waals surface area contributed by atoms with Crippen molar-refractivity contribution < 1.29 is 52.7 Å². The third-order valence-corrected chi connectivity index (χ3v) is 7.50. The second kappa shape index (κ2) is 7.44. The van der Waals surface area contributed by atoms with Crippen LogP contribution in [0.3, 0.4) is 0 Å². The van der Waals surface area contributed by atoms with E-state index in [1.807, 2.05) is 0 Å². The molecule has 1 heterocycles. The van der Waals surface area contributed by atoms with Crippen molar-refractivity contribution in [2.24, 2.45) is 0 Å². The predicted octanol–water partition coefficient (Wildman–Crippen LogP) is 2.28. The molecule has 0 aromatic heterocycles. The van der Waals surface area contributed by atoms with Crippen molar-refractivity contribution in [3.63, 3.8) is 0 Å². The van der Waals surface area contributed by atoms with Crippen LogP contribution in [0.1, 0.15) is 12.0 Å². The van der Waals surface area contributed by atoms with E-state index < -0.39 is 53.5 Å². The van der Waals surface area contributed by atoms with Gasteiger partial charge in [-0.3, -0.25) is 0 Å². The molecule has 0 saturated carbocycles. The van der Waals surface area contributed by atoms with Crippen LogP contribution in [0.25, 0.3) is 0 Å². The van der Waals surface area contributed by atoms with E-state index in [1.165, 1.54) is 24.3 Å². The summed E-state index contributed by atoms with van der Waals surface area (Å²) in [6.45, 7) is -1.89. The van der Waals surface area contributed by atoms with Gasteiger partial charge in [0.05, 0.1) is 13.2 Å². The first-order valence-corrected chi connectivity index (χ1v) is 10.3. The van der Waals surface area contributed by atoms with Crippen molar-refractivity contribution in [2.45, 2.75) is 23.2 Å². The quantitative estimate of drug-likeness (QED) is 0.609. The van der Waals surface area contributed by atoms with E-state index in [4.69, 9.17) is 9.47 Å². The van der Waals surface area contributed by atoms with Crippen LogP contribution in [0.15, 0.2) is 30.3 Å². The zero-order valence-corrected chi connectivity index (χ0v) is 15.3. The van der Waals surface area contributed by atoms with Gasteiger partial charge in [-0.25, -0.2) is 16.8 Å². The molecule has 1 saturated heterocycles. The van der Waals surface area contributed by atoms with Gasteiger partial charge >= 0.3 is 31.1 Å². The first-order valence-electron chi connectivity index (χ1n) is 7.39. The number of sulfonamides is 2. The van der Waals surface area contributed by atoms with E-state index in [2.05, 4.69) is 0 Å². The Bertz CT molecular complexity index is 848. The molecule has 1 aromatic rings. The molecule has 28 heavy (non-hydrogen) atoms. The molecule has 1 aromatic carbocycles. The lowest BCUT2D eigenvalue weighted by molar-refractivity contribution is -0.171. The third kappa shape index (κ3) is 4.12. The highest BCUT2D eigenvalue weighted by atomic mass is 32.3. The second-order valence-electron chi connectivity index (χ2n) is 5.46. The van der Waals surface area contributed by atoms with Crippen LogP contribution in [-0.2, 0) is 35.3 Å². The van der Waals surface area contributed by atoms with Crippen LogP contribution >= 0.6 is 0 Å². The lowest BCUT2D eigenvalue weighted by Gasteiger charge is -2.31. The van der Waals surface area contributed by atoms with E-state index in [0.29, 0.717) is 0 Å². The lowest BCUT2D eigenvalue weighted by atomic mass is 10.0. The van der Waals surface area contributed by atoms with Crippen molar-refractivity contribution in [2.75, 3.05) is 19.8 Å². The molecule has 0 radical (unpaired) electrons. The summed E-state index contributed by atoms with van der Waals surface area (Å²) in [5, 5.41) is 0. The first-order chi connectivity index (χ1) is 12.7. The zero-order valence-electron chi connectivity index (χ0n) is 13.7. The monoisotopic (exact) mass is 457 g/mol. The summed E-state index contributed by atoms with van der Waals surface area (Å²) < 4.78 is 132. The van der Waals surface area contributed by atoms with Gasteiger partial charge in [-0.1, -0.05) is 34.0 Å². The Kier molecular flexibility index (Phi) is 6.07. The van der Waals surface area contributed by atoms with Crippen LogP contribution in [0, 0.1) is 0 Å². The fraction of sp³-hybridized carbons (Fsp3) is 0.538. The molecule has 1 aliphatic heterocycles. The van der Waals surface area contributed by atoms with Crippen molar-refractivity contribution >= 4 is 20.0 Å². The van der Waals surface area contributed by atoms with Gasteiger partial charge in [0.25, 0.3) is 0 Å². The zero-order chi connectivity index (χ0) is 21.4. The minimum absolute atomic E-state index is 0.0903. The number of ether oxygens (including phenoxy) is 2. The molecule has 0 unspecified atom stereocenters. The maximum absolute atomic E-state index is 12.8. The molecule has 15 heteroatoms. The van der Waals surface area contributed by atoms with Gasteiger partial charge in [0.1, 0.15) is 0 Å². The normalized spacial score (nSPS) is 18.5. The highest BCUT2D eigenvalue weighted by Crippen LogP contribution is 2.39. The number of hydrogen-bond acceptors (Lipinski definition) is 6. The number of benzene rings is 1. The van der Waals surface area contributed by atoms with Crippen LogP contribution in [0.5, 0.6) is 0 Å². The van der Waals surface area contributed by atoms with Crippen LogP contribution < -0.4 is 0 Å². The van der Waals surface area contributed by atoms with Gasteiger partial charge in [0.2, 0.25) is 0 Å². The van der Waals surface area contributed by atoms with Crippen LogP contribution in [-0.4, -0.2) is 51.3 Å². The summed E-state index contributed by atoms with van der Waals surface area (Å²) in [6.07, 6.45) is -0.943. The molecule has 0 atom stereocenters. The molecule has 160 valence electrons. The Morgan fingerprint density at radius 2 is 1.29 bits per heavy atom. The van der Waals surface area contributed by atoms with Gasteiger partial charge in [-0.15, -0.1) is 0 Å². The lowest BCUT2D eigenvalue weighted by Crippen LogP contribution is -2.50. The third-order valence-electron chi connectivity index (χ3n) is 3.71.